The van der Waals surface area contributed by atoms with Gasteiger partial charge in [0, 0.05) is 5.92 Å². The van der Waals surface area contributed by atoms with Crippen LogP contribution >= 0.6 is 0 Å². The van der Waals surface area contributed by atoms with Crippen molar-refractivity contribution < 1.29 is 9.59 Å². The Bertz CT molecular complexity index is 227. The van der Waals surface area contributed by atoms with Gasteiger partial charge < -0.3 is 0 Å². The first-order valence-electron chi connectivity index (χ1n) is 3.55. The van der Waals surface area contributed by atoms with E-state index in [9.17, 15) is 9.59 Å². The van der Waals surface area contributed by atoms with Gasteiger partial charge in [0.25, 0.3) is 0 Å². The van der Waals surface area contributed by atoms with Gasteiger partial charge in [-0.3, -0.25) is 9.59 Å². The predicted octanol–water partition coefficient (Wildman–Crippen LogP) is 0.721. The molecule has 2 aliphatic rings. The Morgan fingerprint density at radius 3 is 2.80 bits per heavy atom. The highest BCUT2D eigenvalue weighted by molar-refractivity contribution is 6.12. The number of carbonyl (C=O) groups excluding carboxylic acids is 2. The largest absolute Gasteiger partial charge is 0.298 e. The van der Waals surface area contributed by atoms with Crippen molar-refractivity contribution in [2.75, 3.05) is 0 Å². The number of allylic oxidation sites excluding steroid dienone is 2. The van der Waals surface area contributed by atoms with Crippen LogP contribution in [0.3, 0.4) is 0 Å². The van der Waals surface area contributed by atoms with E-state index in [1.54, 1.807) is 12.2 Å². The zero-order chi connectivity index (χ0) is 7.14. The van der Waals surface area contributed by atoms with Gasteiger partial charge in [0.05, 0.1) is 5.92 Å². The molecule has 0 aromatic carbocycles. The molecule has 2 atom stereocenters. The summed E-state index contributed by atoms with van der Waals surface area (Å²) in [6, 6.07) is 0. The smallest absolute Gasteiger partial charge is 0.165 e. The molecule has 0 heterocycles. The number of hydrogen-bond donors (Lipinski definition) is 0. The van der Waals surface area contributed by atoms with Crippen LogP contribution in [0.15, 0.2) is 12.2 Å². The molecule has 2 heteroatoms. The van der Waals surface area contributed by atoms with Gasteiger partial charge >= 0.3 is 0 Å². The Hall–Kier alpha value is -0.920. The maximum Gasteiger partial charge on any atom is 0.165 e. The fraction of sp³-hybridized carbons (Fsp3) is 0.500. The fourth-order valence-electron chi connectivity index (χ4n) is 1.69. The van der Waals surface area contributed by atoms with Gasteiger partial charge in [-0.25, -0.2) is 0 Å². The monoisotopic (exact) mass is 136 g/mol. The van der Waals surface area contributed by atoms with E-state index in [1.165, 1.54) is 0 Å². The molecule has 2 aliphatic carbocycles. The summed E-state index contributed by atoms with van der Waals surface area (Å²) in [4.78, 5) is 22.1. The Morgan fingerprint density at radius 1 is 1.30 bits per heavy atom. The first kappa shape index (κ1) is 5.83. The number of Topliss-reactive ketones (excluding diaryl/α,β-unsaturated/α-hetero) is 1. The SMILES string of the molecule is O=C1C=C[C@H]2CC[C@@H]1C2=O. The summed E-state index contributed by atoms with van der Waals surface area (Å²) in [5.74, 6) is -0.0380. The molecule has 0 aliphatic heterocycles. The van der Waals surface area contributed by atoms with E-state index in [1.807, 2.05) is 0 Å². The Balaban J connectivity index is 2.42. The standard InChI is InChI=1S/C8H8O2/c9-7-4-2-5-1-3-6(7)8(5)10/h2,4-6H,1,3H2/t5-,6+/m1/s1. The third-order valence-electron chi connectivity index (χ3n) is 2.31. The maximum absolute atomic E-state index is 11.1. The van der Waals surface area contributed by atoms with Crippen molar-refractivity contribution >= 4 is 11.6 Å². The highest BCUT2D eigenvalue weighted by Crippen LogP contribution is 2.32. The second-order valence-corrected chi connectivity index (χ2v) is 2.90. The quantitative estimate of drug-likeness (QED) is 0.460. The van der Waals surface area contributed by atoms with Crippen LogP contribution in [0.5, 0.6) is 0 Å². The van der Waals surface area contributed by atoms with E-state index in [0.29, 0.717) is 0 Å². The fourth-order valence-corrected chi connectivity index (χ4v) is 1.69. The summed E-state index contributed by atoms with van der Waals surface area (Å²) in [6.07, 6.45) is 4.96. The number of hydrogen-bond acceptors (Lipinski definition) is 2. The van der Waals surface area contributed by atoms with Crippen LogP contribution in [0.4, 0.5) is 0 Å². The topological polar surface area (TPSA) is 34.1 Å². The van der Waals surface area contributed by atoms with Crippen molar-refractivity contribution in [3.8, 4) is 0 Å². The molecule has 1 fully saturated rings. The molecule has 0 aromatic rings. The molecule has 0 amide bonds. The minimum Gasteiger partial charge on any atom is -0.298 e. The molecule has 0 radical (unpaired) electrons. The van der Waals surface area contributed by atoms with E-state index < -0.39 is 0 Å². The van der Waals surface area contributed by atoms with Crippen molar-refractivity contribution in [1.29, 1.82) is 0 Å². The van der Waals surface area contributed by atoms with Gasteiger partial charge in [-0.1, -0.05) is 6.08 Å². The van der Waals surface area contributed by atoms with E-state index in [4.69, 9.17) is 0 Å². The molecule has 2 rings (SSSR count). The van der Waals surface area contributed by atoms with Gasteiger partial charge in [0.1, 0.15) is 0 Å². The second-order valence-electron chi connectivity index (χ2n) is 2.90. The Morgan fingerprint density at radius 2 is 2.10 bits per heavy atom. The molecule has 0 spiro atoms. The second kappa shape index (κ2) is 1.78. The summed E-state index contributed by atoms with van der Waals surface area (Å²) in [5, 5.41) is 0. The third-order valence-corrected chi connectivity index (χ3v) is 2.31. The summed E-state index contributed by atoms with van der Waals surface area (Å²) < 4.78 is 0. The predicted molar refractivity (Wildman–Crippen MR) is 35.4 cm³/mol. The van der Waals surface area contributed by atoms with Crippen molar-refractivity contribution in [1.82, 2.24) is 0 Å². The first-order valence-corrected chi connectivity index (χ1v) is 3.55. The lowest BCUT2D eigenvalue weighted by Crippen LogP contribution is -2.23. The number of ketones is 2. The molecule has 2 bridgehead atoms. The number of carbonyl (C=O) groups is 2. The molecule has 0 aromatic heterocycles. The van der Waals surface area contributed by atoms with Crippen LogP contribution in [0.2, 0.25) is 0 Å². The average molecular weight is 136 g/mol. The molecule has 10 heavy (non-hydrogen) atoms. The highest BCUT2D eigenvalue weighted by Gasteiger charge is 2.39. The van der Waals surface area contributed by atoms with Crippen LogP contribution in [0.25, 0.3) is 0 Å². The van der Waals surface area contributed by atoms with Gasteiger partial charge in [0.2, 0.25) is 0 Å². The van der Waals surface area contributed by atoms with Crippen molar-refractivity contribution in [2.24, 2.45) is 11.8 Å². The van der Waals surface area contributed by atoms with E-state index in [-0.39, 0.29) is 23.4 Å². The van der Waals surface area contributed by atoms with Crippen LogP contribution < -0.4 is 0 Å². The zero-order valence-electron chi connectivity index (χ0n) is 5.54. The average Bonchev–Trinajstić information content (AvgIpc) is 2.13. The molecule has 0 unspecified atom stereocenters. The van der Waals surface area contributed by atoms with E-state index >= 15 is 0 Å². The third kappa shape index (κ3) is 0.589. The van der Waals surface area contributed by atoms with Crippen molar-refractivity contribution in [2.45, 2.75) is 12.8 Å². The van der Waals surface area contributed by atoms with Crippen LogP contribution in [-0.4, -0.2) is 11.6 Å². The first-order chi connectivity index (χ1) is 4.79. The highest BCUT2D eigenvalue weighted by atomic mass is 16.2. The normalized spacial score (nSPS) is 37.2. The molecular weight excluding hydrogens is 128 g/mol. The summed E-state index contributed by atoms with van der Waals surface area (Å²) >= 11 is 0. The van der Waals surface area contributed by atoms with Gasteiger partial charge in [-0.15, -0.1) is 0 Å². The van der Waals surface area contributed by atoms with Gasteiger partial charge in [0.15, 0.2) is 11.6 Å². The molecular formula is C8H8O2. The van der Waals surface area contributed by atoms with Crippen LogP contribution in [-0.2, 0) is 9.59 Å². The lowest BCUT2D eigenvalue weighted by molar-refractivity contribution is -0.130. The van der Waals surface area contributed by atoms with Crippen LogP contribution in [0.1, 0.15) is 12.8 Å². The summed E-state index contributed by atoms with van der Waals surface area (Å²) in [5.41, 5.74) is 0. The molecule has 0 saturated heterocycles. The maximum atomic E-state index is 11.1. The van der Waals surface area contributed by atoms with E-state index in [2.05, 4.69) is 0 Å². The summed E-state index contributed by atoms with van der Waals surface area (Å²) in [6.45, 7) is 0. The lowest BCUT2D eigenvalue weighted by atomic mass is 9.93. The lowest BCUT2D eigenvalue weighted by Gasteiger charge is -2.08. The van der Waals surface area contributed by atoms with Crippen LogP contribution in [0, 0.1) is 11.8 Å². The van der Waals surface area contributed by atoms with Crippen molar-refractivity contribution in [3.63, 3.8) is 0 Å². The molecule has 52 valence electrons. The molecule has 1 saturated carbocycles. The number of rotatable bonds is 0. The molecule has 2 nitrogen and oxygen atoms in total. The minimum atomic E-state index is -0.269. The Kier molecular flexibility index (Phi) is 1.04. The Labute approximate surface area is 58.9 Å². The van der Waals surface area contributed by atoms with Gasteiger partial charge in [-0.05, 0) is 18.9 Å². The van der Waals surface area contributed by atoms with E-state index in [0.717, 1.165) is 12.8 Å². The zero-order valence-corrected chi connectivity index (χ0v) is 5.54. The minimum absolute atomic E-state index is 0.0127. The van der Waals surface area contributed by atoms with Crippen molar-refractivity contribution in [3.05, 3.63) is 12.2 Å². The number of fused-ring (bicyclic) bond motifs is 2. The van der Waals surface area contributed by atoms with Gasteiger partial charge in [-0.2, -0.15) is 0 Å². The summed E-state index contributed by atoms with van der Waals surface area (Å²) in [7, 11) is 0. The molecule has 0 N–H and O–H groups in total.